The third kappa shape index (κ3) is 4.30. The van der Waals surface area contributed by atoms with Crippen molar-refractivity contribution in [3.63, 3.8) is 0 Å². The van der Waals surface area contributed by atoms with Crippen molar-refractivity contribution in [2.45, 2.75) is 59.3 Å². The summed E-state index contributed by atoms with van der Waals surface area (Å²) in [6, 6.07) is 0. The number of primary amides is 1. The number of hydrogen-bond donors (Lipinski definition) is 1. The van der Waals surface area contributed by atoms with Crippen LogP contribution in [0.1, 0.15) is 59.3 Å². The number of carbonyl (C=O) groups excluding carboxylic acids is 1. The second kappa shape index (κ2) is 6.01. The Hall–Kier alpha value is -0.530. The topological polar surface area (TPSA) is 43.1 Å². The summed E-state index contributed by atoms with van der Waals surface area (Å²) >= 11 is 0. The molecule has 0 saturated carbocycles. The van der Waals surface area contributed by atoms with E-state index >= 15 is 0 Å². The lowest BCUT2D eigenvalue weighted by Gasteiger charge is -2.25. The standard InChI is InChI=1S/C11H23NO/c1-4-6-8-11(3,10(12)13)9-7-5-2/h4-9H2,1-3H3,(H2,12,13). The van der Waals surface area contributed by atoms with Gasteiger partial charge in [0.05, 0.1) is 0 Å². The third-order valence-corrected chi connectivity index (χ3v) is 2.76. The first-order valence-electron chi connectivity index (χ1n) is 5.36. The second-order valence-corrected chi connectivity index (χ2v) is 4.13. The third-order valence-electron chi connectivity index (χ3n) is 2.76. The van der Waals surface area contributed by atoms with Crippen LogP contribution in [0, 0.1) is 5.41 Å². The molecule has 13 heavy (non-hydrogen) atoms. The van der Waals surface area contributed by atoms with E-state index in [2.05, 4.69) is 13.8 Å². The zero-order valence-electron chi connectivity index (χ0n) is 9.23. The number of amides is 1. The van der Waals surface area contributed by atoms with Gasteiger partial charge >= 0.3 is 0 Å². The van der Waals surface area contributed by atoms with Gasteiger partial charge in [-0.1, -0.05) is 46.5 Å². The van der Waals surface area contributed by atoms with Gasteiger partial charge in [-0.05, 0) is 12.8 Å². The van der Waals surface area contributed by atoms with E-state index in [1.54, 1.807) is 0 Å². The highest BCUT2D eigenvalue weighted by atomic mass is 16.1. The van der Waals surface area contributed by atoms with Gasteiger partial charge in [-0.25, -0.2) is 0 Å². The van der Waals surface area contributed by atoms with E-state index < -0.39 is 0 Å². The van der Waals surface area contributed by atoms with Gasteiger partial charge in [0.2, 0.25) is 5.91 Å². The molecule has 0 heterocycles. The molecule has 1 amide bonds. The molecule has 2 nitrogen and oxygen atoms in total. The molecule has 0 unspecified atom stereocenters. The highest BCUT2D eigenvalue weighted by Crippen LogP contribution is 2.29. The molecule has 0 spiro atoms. The smallest absolute Gasteiger partial charge is 0.223 e. The van der Waals surface area contributed by atoms with Gasteiger partial charge in [0.1, 0.15) is 0 Å². The molecule has 0 atom stereocenters. The number of rotatable bonds is 7. The molecule has 0 bridgehead atoms. The molecule has 78 valence electrons. The quantitative estimate of drug-likeness (QED) is 0.651. The van der Waals surface area contributed by atoms with Gasteiger partial charge in [0, 0.05) is 5.41 Å². The lowest BCUT2D eigenvalue weighted by molar-refractivity contribution is -0.127. The average Bonchev–Trinajstić information content (AvgIpc) is 2.11. The molecular formula is C11H23NO. The maximum atomic E-state index is 11.3. The van der Waals surface area contributed by atoms with Crippen molar-refractivity contribution in [1.29, 1.82) is 0 Å². The van der Waals surface area contributed by atoms with E-state index in [9.17, 15) is 4.79 Å². The second-order valence-electron chi connectivity index (χ2n) is 4.13. The van der Waals surface area contributed by atoms with Crippen LogP contribution in [0.4, 0.5) is 0 Å². The molecule has 0 aliphatic rings. The van der Waals surface area contributed by atoms with Gasteiger partial charge in [-0.2, -0.15) is 0 Å². The fourth-order valence-electron chi connectivity index (χ4n) is 1.51. The number of nitrogens with two attached hydrogens (primary N) is 1. The molecule has 2 N–H and O–H groups in total. The molecule has 0 fully saturated rings. The van der Waals surface area contributed by atoms with Crippen molar-refractivity contribution < 1.29 is 4.79 Å². The van der Waals surface area contributed by atoms with E-state index in [0.29, 0.717) is 0 Å². The largest absolute Gasteiger partial charge is 0.369 e. The fourth-order valence-corrected chi connectivity index (χ4v) is 1.51. The Kier molecular flexibility index (Phi) is 5.76. The number of hydrogen-bond acceptors (Lipinski definition) is 1. The van der Waals surface area contributed by atoms with Crippen molar-refractivity contribution >= 4 is 5.91 Å². The average molecular weight is 185 g/mol. The number of unbranched alkanes of at least 4 members (excludes halogenated alkanes) is 2. The van der Waals surface area contributed by atoms with E-state index in [4.69, 9.17) is 5.73 Å². The van der Waals surface area contributed by atoms with Crippen LogP contribution in [0.25, 0.3) is 0 Å². The summed E-state index contributed by atoms with van der Waals surface area (Å²) in [4.78, 5) is 11.3. The van der Waals surface area contributed by atoms with Crippen LogP contribution in [0.3, 0.4) is 0 Å². The Balaban J connectivity index is 4.08. The fraction of sp³-hybridized carbons (Fsp3) is 0.909. The normalized spacial score (nSPS) is 11.6. The Morgan fingerprint density at radius 2 is 1.54 bits per heavy atom. The van der Waals surface area contributed by atoms with Crippen molar-refractivity contribution in [1.82, 2.24) is 0 Å². The molecule has 0 aliphatic heterocycles. The van der Waals surface area contributed by atoms with Crippen LogP contribution in [-0.4, -0.2) is 5.91 Å². The summed E-state index contributed by atoms with van der Waals surface area (Å²) in [5.74, 6) is -0.130. The molecule has 0 rings (SSSR count). The highest BCUT2D eigenvalue weighted by molar-refractivity contribution is 5.80. The highest BCUT2D eigenvalue weighted by Gasteiger charge is 2.29. The van der Waals surface area contributed by atoms with Crippen LogP contribution in [0.15, 0.2) is 0 Å². The summed E-state index contributed by atoms with van der Waals surface area (Å²) in [5, 5.41) is 0. The number of carbonyl (C=O) groups is 1. The Labute approximate surface area is 81.9 Å². The van der Waals surface area contributed by atoms with E-state index in [0.717, 1.165) is 38.5 Å². The molecule has 0 aromatic rings. The first-order chi connectivity index (χ1) is 6.06. The Bertz CT molecular complexity index is 146. The van der Waals surface area contributed by atoms with Crippen LogP contribution in [0.5, 0.6) is 0 Å². The summed E-state index contributed by atoms with van der Waals surface area (Å²) in [7, 11) is 0. The zero-order chi connectivity index (χ0) is 10.3. The molecule has 2 heteroatoms. The molecule has 0 aromatic carbocycles. The van der Waals surface area contributed by atoms with Gasteiger partial charge in [0.25, 0.3) is 0 Å². The van der Waals surface area contributed by atoms with Crippen molar-refractivity contribution in [2.24, 2.45) is 11.1 Å². The summed E-state index contributed by atoms with van der Waals surface area (Å²) < 4.78 is 0. The van der Waals surface area contributed by atoms with Gasteiger partial charge in [-0.15, -0.1) is 0 Å². The van der Waals surface area contributed by atoms with Crippen molar-refractivity contribution in [2.75, 3.05) is 0 Å². The van der Waals surface area contributed by atoms with E-state index in [1.807, 2.05) is 6.92 Å². The minimum atomic E-state index is -0.258. The predicted molar refractivity (Wildman–Crippen MR) is 56.4 cm³/mol. The first kappa shape index (κ1) is 12.5. The lowest BCUT2D eigenvalue weighted by atomic mass is 9.79. The van der Waals surface area contributed by atoms with Crippen molar-refractivity contribution in [3.05, 3.63) is 0 Å². The maximum absolute atomic E-state index is 11.3. The molecular weight excluding hydrogens is 162 g/mol. The van der Waals surface area contributed by atoms with Crippen LogP contribution in [-0.2, 0) is 4.79 Å². The predicted octanol–water partition coefficient (Wildman–Crippen LogP) is 2.86. The maximum Gasteiger partial charge on any atom is 0.223 e. The Morgan fingerprint density at radius 1 is 1.15 bits per heavy atom. The minimum Gasteiger partial charge on any atom is -0.369 e. The van der Waals surface area contributed by atoms with Crippen LogP contribution in [0.2, 0.25) is 0 Å². The Morgan fingerprint density at radius 3 is 1.77 bits per heavy atom. The van der Waals surface area contributed by atoms with E-state index in [1.165, 1.54) is 0 Å². The molecule has 0 aromatic heterocycles. The monoisotopic (exact) mass is 185 g/mol. The van der Waals surface area contributed by atoms with Gasteiger partial charge < -0.3 is 5.73 Å². The molecule has 0 saturated heterocycles. The zero-order valence-corrected chi connectivity index (χ0v) is 9.23. The summed E-state index contributed by atoms with van der Waals surface area (Å²) in [5.41, 5.74) is 5.16. The SMILES string of the molecule is CCCCC(C)(CCCC)C(N)=O. The lowest BCUT2D eigenvalue weighted by Crippen LogP contribution is -2.34. The van der Waals surface area contributed by atoms with Crippen LogP contribution >= 0.6 is 0 Å². The summed E-state index contributed by atoms with van der Waals surface area (Å²) in [6.07, 6.45) is 6.36. The van der Waals surface area contributed by atoms with E-state index in [-0.39, 0.29) is 11.3 Å². The first-order valence-corrected chi connectivity index (χ1v) is 5.36. The van der Waals surface area contributed by atoms with Gasteiger partial charge in [0.15, 0.2) is 0 Å². The summed E-state index contributed by atoms with van der Waals surface area (Å²) in [6.45, 7) is 6.28. The molecule has 0 aliphatic carbocycles. The van der Waals surface area contributed by atoms with Gasteiger partial charge in [-0.3, -0.25) is 4.79 Å². The minimum absolute atomic E-state index is 0.130. The van der Waals surface area contributed by atoms with Crippen molar-refractivity contribution in [3.8, 4) is 0 Å². The molecule has 0 radical (unpaired) electrons. The van der Waals surface area contributed by atoms with Crippen LogP contribution < -0.4 is 5.73 Å².